The van der Waals surface area contributed by atoms with Gasteiger partial charge >= 0.3 is 0 Å². The van der Waals surface area contributed by atoms with Crippen LogP contribution in [0.2, 0.25) is 0 Å². The lowest BCUT2D eigenvalue weighted by Gasteiger charge is -2.34. The summed E-state index contributed by atoms with van der Waals surface area (Å²) in [7, 11) is 0. The molecule has 2 aromatic heterocycles. The predicted molar refractivity (Wildman–Crippen MR) is 109 cm³/mol. The average Bonchev–Trinajstić information content (AvgIpc) is 3.20. The molecule has 0 aliphatic carbocycles. The maximum atomic E-state index is 4.62. The van der Waals surface area contributed by atoms with Crippen molar-refractivity contribution < 1.29 is 0 Å². The molecule has 27 heavy (non-hydrogen) atoms. The smallest absolute Gasteiger partial charge is 0.225 e. The monoisotopic (exact) mass is 365 g/mol. The van der Waals surface area contributed by atoms with Gasteiger partial charge in [-0.05, 0) is 67.8 Å². The molecule has 2 aliphatic rings. The number of aromatic nitrogens is 3. The van der Waals surface area contributed by atoms with Crippen LogP contribution >= 0.6 is 0 Å². The number of aryl methyl sites for hydroxylation is 1. The SMILES string of the molecule is CCCc1cnc(N2CC[C@H](C3CCN(Cc4cccnc4)CC3)C2)nc1. The van der Waals surface area contributed by atoms with Gasteiger partial charge < -0.3 is 4.90 Å². The molecule has 4 heterocycles. The van der Waals surface area contributed by atoms with E-state index in [1.54, 1.807) is 0 Å². The predicted octanol–water partition coefficient (Wildman–Crippen LogP) is 3.56. The highest BCUT2D eigenvalue weighted by Gasteiger charge is 2.32. The van der Waals surface area contributed by atoms with Gasteiger partial charge in [0.15, 0.2) is 0 Å². The molecule has 0 unspecified atom stereocenters. The van der Waals surface area contributed by atoms with Gasteiger partial charge in [-0.3, -0.25) is 9.88 Å². The molecule has 2 aromatic rings. The molecular weight excluding hydrogens is 334 g/mol. The number of anilines is 1. The first kappa shape index (κ1) is 18.4. The second-order valence-electron chi connectivity index (χ2n) is 8.11. The van der Waals surface area contributed by atoms with Crippen LogP contribution in [0.15, 0.2) is 36.9 Å². The van der Waals surface area contributed by atoms with E-state index in [9.17, 15) is 0 Å². The summed E-state index contributed by atoms with van der Waals surface area (Å²) >= 11 is 0. The Morgan fingerprint density at radius 3 is 2.44 bits per heavy atom. The lowest BCUT2D eigenvalue weighted by molar-refractivity contribution is 0.147. The van der Waals surface area contributed by atoms with Crippen molar-refractivity contribution >= 4 is 5.95 Å². The van der Waals surface area contributed by atoms with Crippen LogP contribution in [0.5, 0.6) is 0 Å². The Labute approximate surface area is 162 Å². The number of piperidine rings is 1. The lowest BCUT2D eigenvalue weighted by atomic mass is 9.83. The fourth-order valence-electron chi connectivity index (χ4n) is 4.62. The molecule has 144 valence electrons. The van der Waals surface area contributed by atoms with Gasteiger partial charge in [0.25, 0.3) is 0 Å². The second-order valence-corrected chi connectivity index (χ2v) is 8.11. The van der Waals surface area contributed by atoms with Crippen molar-refractivity contribution in [1.29, 1.82) is 0 Å². The topological polar surface area (TPSA) is 45.2 Å². The zero-order chi connectivity index (χ0) is 18.5. The largest absolute Gasteiger partial charge is 0.341 e. The summed E-state index contributed by atoms with van der Waals surface area (Å²) in [5, 5.41) is 0. The Morgan fingerprint density at radius 1 is 0.963 bits per heavy atom. The van der Waals surface area contributed by atoms with E-state index in [1.807, 2.05) is 30.9 Å². The first-order valence-electron chi connectivity index (χ1n) is 10.5. The molecule has 5 nitrogen and oxygen atoms in total. The molecule has 0 spiro atoms. The van der Waals surface area contributed by atoms with Crippen LogP contribution in [0.4, 0.5) is 5.95 Å². The molecule has 1 atom stereocenters. The molecule has 0 saturated carbocycles. The zero-order valence-corrected chi connectivity index (χ0v) is 16.4. The number of pyridine rings is 1. The first-order valence-corrected chi connectivity index (χ1v) is 10.5. The molecule has 2 aliphatic heterocycles. The third-order valence-corrected chi connectivity index (χ3v) is 6.17. The minimum atomic E-state index is 0.796. The maximum absolute atomic E-state index is 4.62. The van der Waals surface area contributed by atoms with Gasteiger partial charge in [-0.15, -0.1) is 0 Å². The van der Waals surface area contributed by atoms with Crippen LogP contribution in [0.25, 0.3) is 0 Å². The van der Waals surface area contributed by atoms with E-state index in [2.05, 4.69) is 37.7 Å². The minimum absolute atomic E-state index is 0.796. The summed E-state index contributed by atoms with van der Waals surface area (Å²) < 4.78 is 0. The average molecular weight is 366 g/mol. The summed E-state index contributed by atoms with van der Waals surface area (Å²) in [5.74, 6) is 2.57. The molecule has 0 radical (unpaired) electrons. The summed E-state index contributed by atoms with van der Waals surface area (Å²) in [6.07, 6.45) is 14.0. The lowest BCUT2D eigenvalue weighted by Crippen LogP contribution is -2.36. The molecule has 0 N–H and O–H groups in total. The van der Waals surface area contributed by atoms with Crippen LogP contribution in [-0.2, 0) is 13.0 Å². The van der Waals surface area contributed by atoms with Gasteiger partial charge in [0.05, 0.1) is 0 Å². The normalized spacial score (nSPS) is 21.7. The number of hydrogen-bond donors (Lipinski definition) is 0. The Morgan fingerprint density at radius 2 is 1.74 bits per heavy atom. The van der Waals surface area contributed by atoms with E-state index in [0.29, 0.717) is 0 Å². The Kier molecular flexibility index (Phi) is 5.97. The van der Waals surface area contributed by atoms with Crippen molar-refractivity contribution in [1.82, 2.24) is 19.9 Å². The Hall–Kier alpha value is -2.01. The molecule has 0 bridgehead atoms. The second kappa shape index (κ2) is 8.79. The van der Waals surface area contributed by atoms with Crippen LogP contribution in [0.1, 0.15) is 43.7 Å². The van der Waals surface area contributed by atoms with E-state index in [-0.39, 0.29) is 0 Å². The highest BCUT2D eigenvalue weighted by molar-refractivity contribution is 5.31. The summed E-state index contributed by atoms with van der Waals surface area (Å²) in [5.41, 5.74) is 2.57. The Balaban J connectivity index is 1.26. The molecule has 2 fully saturated rings. The summed E-state index contributed by atoms with van der Waals surface area (Å²) in [4.78, 5) is 18.4. The van der Waals surface area contributed by atoms with Crippen molar-refractivity contribution in [3.8, 4) is 0 Å². The van der Waals surface area contributed by atoms with E-state index in [4.69, 9.17) is 0 Å². The third-order valence-electron chi connectivity index (χ3n) is 6.17. The van der Waals surface area contributed by atoms with Crippen molar-refractivity contribution in [3.05, 3.63) is 48.0 Å². The van der Waals surface area contributed by atoms with Gasteiger partial charge in [0, 0.05) is 44.4 Å². The number of hydrogen-bond acceptors (Lipinski definition) is 5. The van der Waals surface area contributed by atoms with Crippen molar-refractivity contribution in [2.24, 2.45) is 11.8 Å². The standard InChI is InChI=1S/C22H31N5/c1-2-4-18-14-24-22(25-15-18)27-12-8-21(17-27)20-6-10-26(11-7-20)16-19-5-3-9-23-13-19/h3,5,9,13-15,20-21H,2,4,6-8,10-12,16-17H2,1H3/t21-/m0/s1. The van der Waals surface area contributed by atoms with Crippen LogP contribution in [0, 0.1) is 11.8 Å². The Bertz CT molecular complexity index is 694. The number of likely N-dealkylation sites (tertiary alicyclic amines) is 1. The quantitative estimate of drug-likeness (QED) is 0.783. The van der Waals surface area contributed by atoms with E-state index >= 15 is 0 Å². The summed E-state index contributed by atoms with van der Waals surface area (Å²) in [6, 6.07) is 4.21. The zero-order valence-electron chi connectivity index (χ0n) is 16.4. The van der Waals surface area contributed by atoms with Crippen molar-refractivity contribution in [3.63, 3.8) is 0 Å². The number of nitrogens with zero attached hydrogens (tertiary/aromatic N) is 5. The highest BCUT2D eigenvalue weighted by atomic mass is 15.3. The van der Waals surface area contributed by atoms with Gasteiger partial charge in [0.2, 0.25) is 5.95 Å². The van der Waals surface area contributed by atoms with Crippen molar-refractivity contribution in [2.45, 2.75) is 45.6 Å². The molecule has 5 heteroatoms. The maximum Gasteiger partial charge on any atom is 0.225 e. The minimum Gasteiger partial charge on any atom is -0.341 e. The van der Waals surface area contributed by atoms with Crippen LogP contribution in [0.3, 0.4) is 0 Å². The first-order chi connectivity index (χ1) is 13.3. The van der Waals surface area contributed by atoms with Gasteiger partial charge in [0.1, 0.15) is 0 Å². The summed E-state index contributed by atoms with van der Waals surface area (Å²) in [6.45, 7) is 7.88. The number of rotatable bonds is 6. The van der Waals surface area contributed by atoms with Gasteiger partial charge in [-0.2, -0.15) is 0 Å². The van der Waals surface area contributed by atoms with Gasteiger partial charge in [-0.25, -0.2) is 9.97 Å². The molecular formula is C22H31N5. The highest BCUT2D eigenvalue weighted by Crippen LogP contribution is 2.33. The van der Waals surface area contributed by atoms with Gasteiger partial charge in [-0.1, -0.05) is 19.4 Å². The van der Waals surface area contributed by atoms with E-state index < -0.39 is 0 Å². The van der Waals surface area contributed by atoms with Crippen LogP contribution in [-0.4, -0.2) is 46.0 Å². The van der Waals surface area contributed by atoms with Crippen molar-refractivity contribution in [2.75, 3.05) is 31.1 Å². The molecule has 4 rings (SSSR count). The molecule has 0 amide bonds. The van der Waals surface area contributed by atoms with Crippen LogP contribution < -0.4 is 4.90 Å². The fourth-order valence-corrected chi connectivity index (χ4v) is 4.62. The van der Waals surface area contributed by atoms with E-state index in [0.717, 1.165) is 50.3 Å². The molecule has 0 aromatic carbocycles. The molecule has 2 saturated heterocycles. The fraction of sp³-hybridized carbons (Fsp3) is 0.591. The third kappa shape index (κ3) is 4.64. The van der Waals surface area contributed by atoms with E-state index in [1.165, 1.54) is 43.5 Å².